The zero-order valence-corrected chi connectivity index (χ0v) is 9.22. The van der Waals surface area contributed by atoms with Crippen molar-refractivity contribution in [2.24, 2.45) is 0 Å². The first-order valence-electron chi connectivity index (χ1n) is 5.05. The highest BCUT2D eigenvalue weighted by Gasteiger charge is 2.36. The molecule has 1 aromatic rings. The summed E-state index contributed by atoms with van der Waals surface area (Å²) in [5, 5.41) is 10.4. The molecule has 1 N–H and O–H groups in total. The van der Waals surface area contributed by atoms with Crippen molar-refractivity contribution in [3.8, 4) is 0 Å². The van der Waals surface area contributed by atoms with Gasteiger partial charge in [-0.05, 0) is 38.3 Å². The zero-order valence-electron chi connectivity index (χ0n) is 8.40. The van der Waals surface area contributed by atoms with Gasteiger partial charge in [0, 0.05) is 5.25 Å². The summed E-state index contributed by atoms with van der Waals surface area (Å²) >= 11 is 1.80. The van der Waals surface area contributed by atoms with Gasteiger partial charge in [-0.1, -0.05) is 0 Å². The molecule has 2 rings (SSSR count). The minimum absolute atomic E-state index is 0.368. The third-order valence-corrected chi connectivity index (χ3v) is 4.45. The summed E-state index contributed by atoms with van der Waals surface area (Å²) in [5.74, 6) is 1.87. The second-order valence-electron chi connectivity index (χ2n) is 4.13. The van der Waals surface area contributed by atoms with Gasteiger partial charge < -0.3 is 9.52 Å². The summed E-state index contributed by atoms with van der Waals surface area (Å²) in [5.41, 5.74) is -0.475. The van der Waals surface area contributed by atoms with Crippen molar-refractivity contribution in [1.29, 1.82) is 0 Å². The summed E-state index contributed by atoms with van der Waals surface area (Å²) in [6, 6.07) is 3.89. The van der Waals surface area contributed by atoms with Gasteiger partial charge in [0.1, 0.15) is 5.76 Å². The van der Waals surface area contributed by atoms with Crippen LogP contribution in [-0.2, 0) is 5.75 Å². The number of hydrogen-bond donors (Lipinski definition) is 1. The molecule has 0 saturated heterocycles. The first kappa shape index (κ1) is 10.1. The Hall–Kier alpha value is -0.410. The summed E-state index contributed by atoms with van der Waals surface area (Å²) in [6.45, 7) is 1.94. The van der Waals surface area contributed by atoms with Gasteiger partial charge in [-0.3, -0.25) is 0 Å². The maximum Gasteiger partial charge on any atom is 0.113 e. The van der Waals surface area contributed by atoms with Gasteiger partial charge in [-0.15, -0.1) is 11.8 Å². The predicted molar refractivity (Wildman–Crippen MR) is 58.3 cm³/mol. The Morgan fingerprint density at radius 1 is 1.71 bits per heavy atom. The Labute approximate surface area is 88.7 Å². The molecule has 78 valence electrons. The van der Waals surface area contributed by atoms with Crippen molar-refractivity contribution in [3.05, 3.63) is 24.2 Å². The summed E-state index contributed by atoms with van der Waals surface area (Å²) < 4.78 is 5.26. The van der Waals surface area contributed by atoms with Crippen molar-refractivity contribution in [1.82, 2.24) is 0 Å². The van der Waals surface area contributed by atoms with Crippen LogP contribution < -0.4 is 0 Å². The van der Waals surface area contributed by atoms with Gasteiger partial charge in [0.25, 0.3) is 0 Å². The highest BCUT2D eigenvalue weighted by Crippen LogP contribution is 2.39. The fraction of sp³-hybridized carbons (Fsp3) is 0.636. The molecule has 0 bridgehead atoms. The summed E-state index contributed by atoms with van der Waals surface area (Å²) in [7, 11) is 0. The highest BCUT2D eigenvalue weighted by molar-refractivity contribution is 7.99. The van der Waals surface area contributed by atoms with Crippen molar-refractivity contribution in [2.75, 3.05) is 0 Å². The van der Waals surface area contributed by atoms with Gasteiger partial charge >= 0.3 is 0 Å². The first-order valence-corrected chi connectivity index (χ1v) is 6.10. The molecule has 2 nitrogen and oxygen atoms in total. The molecule has 0 aliphatic heterocycles. The fourth-order valence-corrected chi connectivity index (χ4v) is 3.30. The van der Waals surface area contributed by atoms with Crippen molar-refractivity contribution < 1.29 is 9.52 Å². The Balaban J connectivity index is 1.86. The Morgan fingerprint density at radius 3 is 3.14 bits per heavy atom. The van der Waals surface area contributed by atoms with Crippen LogP contribution in [0.15, 0.2) is 22.8 Å². The minimum atomic E-state index is -0.475. The lowest BCUT2D eigenvalue weighted by atomic mass is 10.1. The number of aliphatic hydroxyl groups is 1. The largest absolute Gasteiger partial charge is 0.468 e. The molecule has 1 aromatic heterocycles. The Kier molecular flexibility index (Phi) is 2.88. The molecule has 0 aromatic carbocycles. The van der Waals surface area contributed by atoms with Gasteiger partial charge in [-0.25, -0.2) is 0 Å². The van der Waals surface area contributed by atoms with Crippen LogP contribution in [0.4, 0.5) is 0 Å². The number of hydrogen-bond acceptors (Lipinski definition) is 3. The van der Waals surface area contributed by atoms with Crippen molar-refractivity contribution in [3.63, 3.8) is 0 Å². The SMILES string of the molecule is CC1(O)CCCC1SCc1ccco1. The normalized spacial score (nSPS) is 32.3. The maximum absolute atomic E-state index is 10.0. The number of furan rings is 1. The topological polar surface area (TPSA) is 33.4 Å². The molecule has 3 heteroatoms. The number of thioether (sulfide) groups is 1. The molecule has 1 fully saturated rings. The van der Waals surface area contributed by atoms with Gasteiger partial charge in [-0.2, -0.15) is 0 Å². The first-order chi connectivity index (χ1) is 6.68. The fourth-order valence-electron chi connectivity index (χ4n) is 1.96. The van der Waals surface area contributed by atoms with Crippen LogP contribution in [0, 0.1) is 0 Å². The Bertz CT molecular complexity index is 279. The molecule has 1 heterocycles. The van der Waals surface area contributed by atoms with E-state index in [1.54, 1.807) is 18.0 Å². The molecule has 0 radical (unpaired) electrons. The van der Waals surface area contributed by atoms with Gasteiger partial charge in [0.05, 0.1) is 17.6 Å². The van der Waals surface area contributed by atoms with Crippen LogP contribution in [0.3, 0.4) is 0 Å². The molecule has 1 saturated carbocycles. The van der Waals surface area contributed by atoms with Crippen molar-refractivity contribution >= 4 is 11.8 Å². The van der Waals surface area contributed by atoms with E-state index in [1.807, 2.05) is 19.1 Å². The van der Waals surface area contributed by atoms with Crippen LogP contribution in [-0.4, -0.2) is 16.0 Å². The van der Waals surface area contributed by atoms with E-state index in [4.69, 9.17) is 4.42 Å². The van der Waals surface area contributed by atoms with Crippen LogP contribution in [0.2, 0.25) is 0 Å². The molecule has 1 aliphatic rings. The second kappa shape index (κ2) is 3.99. The van der Waals surface area contributed by atoms with E-state index in [2.05, 4.69) is 0 Å². The van der Waals surface area contributed by atoms with E-state index in [0.717, 1.165) is 30.8 Å². The molecule has 0 spiro atoms. The lowest BCUT2D eigenvalue weighted by molar-refractivity contribution is 0.0734. The van der Waals surface area contributed by atoms with Gasteiger partial charge in [0.15, 0.2) is 0 Å². The quantitative estimate of drug-likeness (QED) is 0.836. The van der Waals surface area contributed by atoms with E-state index < -0.39 is 5.60 Å². The van der Waals surface area contributed by atoms with Crippen LogP contribution in [0.5, 0.6) is 0 Å². The maximum atomic E-state index is 10.0. The standard InChI is InChI=1S/C11H16O2S/c1-11(12)6-2-5-10(11)14-8-9-4-3-7-13-9/h3-4,7,10,12H,2,5-6,8H2,1H3. The van der Waals surface area contributed by atoms with E-state index in [9.17, 15) is 5.11 Å². The monoisotopic (exact) mass is 212 g/mol. The molecule has 2 unspecified atom stereocenters. The minimum Gasteiger partial charge on any atom is -0.468 e. The summed E-state index contributed by atoms with van der Waals surface area (Å²) in [6.07, 6.45) is 4.90. The van der Waals surface area contributed by atoms with E-state index in [1.165, 1.54) is 0 Å². The summed E-state index contributed by atoms with van der Waals surface area (Å²) in [4.78, 5) is 0. The lowest BCUT2D eigenvalue weighted by Crippen LogP contribution is -2.31. The molecular weight excluding hydrogens is 196 g/mol. The number of rotatable bonds is 3. The third-order valence-electron chi connectivity index (χ3n) is 2.85. The molecule has 1 aliphatic carbocycles. The van der Waals surface area contributed by atoms with E-state index in [0.29, 0.717) is 5.25 Å². The lowest BCUT2D eigenvalue weighted by Gasteiger charge is -2.24. The molecule has 14 heavy (non-hydrogen) atoms. The average Bonchev–Trinajstić information content (AvgIpc) is 2.71. The predicted octanol–water partition coefficient (Wildman–Crippen LogP) is 2.82. The highest BCUT2D eigenvalue weighted by atomic mass is 32.2. The molecule has 2 atom stereocenters. The van der Waals surface area contributed by atoms with Gasteiger partial charge in [0.2, 0.25) is 0 Å². The van der Waals surface area contributed by atoms with E-state index >= 15 is 0 Å². The Morgan fingerprint density at radius 2 is 2.57 bits per heavy atom. The zero-order chi connectivity index (χ0) is 10.0. The second-order valence-corrected chi connectivity index (χ2v) is 5.32. The molecule has 0 amide bonds. The van der Waals surface area contributed by atoms with Crippen LogP contribution in [0.25, 0.3) is 0 Å². The van der Waals surface area contributed by atoms with Crippen LogP contribution in [0.1, 0.15) is 31.9 Å². The van der Waals surface area contributed by atoms with Crippen LogP contribution >= 0.6 is 11.8 Å². The van der Waals surface area contributed by atoms with Crippen molar-refractivity contribution in [2.45, 2.75) is 42.8 Å². The third kappa shape index (κ3) is 2.15. The molecular formula is C11H16O2S. The smallest absolute Gasteiger partial charge is 0.113 e. The average molecular weight is 212 g/mol. The van der Waals surface area contributed by atoms with E-state index in [-0.39, 0.29) is 0 Å².